The maximum absolute atomic E-state index is 12.8. The minimum absolute atomic E-state index is 0.300. The van der Waals surface area contributed by atoms with Gasteiger partial charge in [0.1, 0.15) is 5.82 Å². The number of benzene rings is 1. The Kier molecular flexibility index (Phi) is 5.05. The minimum atomic E-state index is -0.540. The highest BCUT2D eigenvalue weighted by molar-refractivity contribution is 6.01. The zero-order valence-corrected chi connectivity index (χ0v) is 10.7. The summed E-state index contributed by atoms with van der Waals surface area (Å²) in [6.07, 6.45) is 0.944. The first-order chi connectivity index (χ1) is 8.90. The second-order valence-corrected chi connectivity index (χ2v) is 4.13. The van der Waals surface area contributed by atoms with E-state index in [1.165, 1.54) is 12.1 Å². The van der Waals surface area contributed by atoms with Crippen molar-refractivity contribution in [2.75, 3.05) is 0 Å². The number of nitrogens with zero attached hydrogens (tertiary/aromatic N) is 1. The summed E-state index contributed by atoms with van der Waals surface area (Å²) in [6.45, 7) is 1.61. The molecule has 0 fully saturated rings. The van der Waals surface area contributed by atoms with Crippen molar-refractivity contribution in [2.45, 2.75) is 19.8 Å². The lowest BCUT2D eigenvalue weighted by Gasteiger charge is -2.06. The average molecular weight is 264 g/mol. The SMILES string of the molecule is CC(N)=C(CCc1ccc(F)cc1)C(=O)N=C(N)N. The van der Waals surface area contributed by atoms with E-state index < -0.39 is 5.91 Å². The highest BCUT2D eigenvalue weighted by Crippen LogP contribution is 2.13. The number of amides is 1. The number of guanidine groups is 1. The van der Waals surface area contributed by atoms with E-state index in [9.17, 15) is 9.18 Å². The molecule has 0 bridgehead atoms. The summed E-state index contributed by atoms with van der Waals surface area (Å²) in [5.41, 5.74) is 17.6. The average Bonchev–Trinajstić information content (AvgIpc) is 2.30. The molecule has 0 aliphatic rings. The van der Waals surface area contributed by atoms with E-state index in [1.54, 1.807) is 19.1 Å². The molecule has 0 heterocycles. The van der Waals surface area contributed by atoms with Gasteiger partial charge >= 0.3 is 0 Å². The predicted molar refractivity (Wildman–Crippen MR) is 72.4 cm³/mol. The van der Waals surface area contributed by atoms with Crippen molar-refractivity contribution >= 4 is 11.9 Å². The van der Waals surface area contributed by atoms with Crippen LogP contribution in [-0.2, 0) is 11.2 Å². The van der Waals surface area contributed by atoms with Crippen LogP contribution in [0.4, 0.5) is 4.39 Å². The molecule has 19 heavy (non-hydrogen) atoms. The minimum Gasteiger partial charge on any atom is -0.402 e. The Morgan fingerprint density at radius 3 is 2.26 bits per heavy atom. The molecule has 6 N–H and O–H groups in total. The van der Waals surface area contributed by atoms with E-state index in [-0.39, 0.29) is 11.8 Å². The fourth-order valence-corrected chi connectivity index (χ4v) is 1.58. The van der Waals surface area contributed by atoms with E-state index >= 15 is 0 Å². The molecule has 0 aliphatic heterocycles. The van der Waals surface area contributed by atoms with Crippen molar-refractivity contribution in [1.82, 2.24) is 0 Å². The van der Waals surface area contributed by atoms with E-state index in [4.69, 9.17) is 17.2 Å². The first-order valence-corrected chi connectivity index (χ1v) is 5.73. The van der Waals surface area contributed by atoms with Crippen molar-refractivity contribution in [1.29, 1.82) is 0 Å². The molecule has 1 amide bonds. The van der Waals surface area contributed by atoms with Crippen molar-refractivity contribution in [3.63, 3.8) is 0 Å². The molecule has 0 unspecified atom stereocenters. The van der Waals surface area contributed by atoms with E-state index in [1.807, 2.05) is 0 Å². The number of hydrogen-bond acceptors (Lipinski definition) is 2. The predicted octanol–water partition coefficient (Wildman–Crippen LogP) is 0.791. The second-order valence-electron chi connectivity index (χ2n) is 4.13. The third-order valence-corrected chi connectivity index (χ3v) is 2.54. The quantitative estimate of drug-likeness (QED) is 0.424. The molecular formula is C13H17FN4O. The normalized spacial score (nSPS) is 11.7. The molecule has 0 saturated carbocycles. The second kappa shape index (κ2) is 6.53. The van der Waals surface area contributed by atoms with Crippen LogP contribution in [0.2, 0.25) is 0 Å². The van der Waals surface area contributed by atoms with E-state index in [0.717, 1.165) is 5.56 Å². The summed E-state index contributed by atoms with van der Waals surface area (Å²) in [4.78, 5) is 15.2. The maximum atomic E-state index is 12.8. The van der Waals surface area contributed by atoms with Gasteiger partial charge in [-0.2, -0.15) is 4.99 Å². The number of allylic oxidation sites excluding steroid dienone is 1. The molecule has 6 heteroatoms. The van der Waals surface area contributed by atoms with Gasteiger partial charge in [-0.3, -0.25) is 4.79 Å². The van der Waals surface area contributed by atoms with Gasteiger partial charge in [0.15, 0.2) is 5.96 Å². The van der Waals surface area contributed by atoms with Gasteiger partial charge in [-0.05, 0) is 37.5 Å². The molecule has 0 aliphatic carbocycles. The first-order valence-electron chi connectivity index (χ1n) is 5.73. The number of hydrogen-bond donors (Lipinski definition) is 3. The van der Waals surface area contributed by atoms with Crippen LogP contribution in [0.25, 0.3) is 0 Å². The number of carbonyl (C=O) groups is 1. The Morgan fingerprint density at radius 1 is 1.21 bits per heavy atom. The molecule has 5 nitrogen and oxygen atoms in total. The summed E-state index contributed by atoms with van der Waals surface area (Å²) in [7, 11) is 0. The van der Waals surface area contributed by atoms with Crippen LogP contribution in [-0.4, -0.2) is 11.9 Å². The number of aliphatic imine (C=N–C) groups is 1. The maximum Gasteiger partial charge on any atom is 0.277 e. The van der Waals surface area contributed by atoms with Crippen LogP contribution in [0.3, 0.4) is 0 Å². The summed E-state index contributed by atoms with van der Waals surface area (Å²) in [5, 5.41) is 0. The van der Waals surface area contributed by atoms with E-state index in [0.29, 0.717) is 24.1 Å². The zero-order chi connectivity index (χ0) is 14.4. The van der Waals surface area contributed by atoms with Gasteiger partial charge < -0.3 is 17.2 Å². The lowest BCUT2D eigenvalue weighted by molar-refractivity contribution is -0.114. The summed E-state index contributed by atoms with van der Waals surface area (Å²) >= 11 is 0. The molecule has 0 aromatic heterocycles. The van der Waals surface area contributed by atoms with Crippen molar-refractivity contribution in [3.05, 3.63) is 46.9 Å². The zero-order valence-electron chi connectivity index (χ0n) is 10.7. The van der Waals surface area contributed by atoms with Gasteiger partial charge in [0.25, 0.3) is 5.91 Å². The molecule has 1 aromatic carbocycles. The number of rotatable bonds is 4. The summed E-state index contributed by atoms with van der Waals surface area (Å²) in [6, 6.07) is 6.05. The lowest BCUT2D eigenvalue weighted by Crippen LogP contribution is -2.25. The van der Waals surface area contributed by atoms with Crippen LogP contribution < -0.4 is 17.2 Å². The van der Waals surface area contributed by atoms with Crippen molar-refractivity contribution < 1.29 is 9.18 Å². The van der Waals surface area contributed by atoms with Gasteiger partial charge in [-0.1, -0.05) is 12.1 Å². The Balaban J connectivity index is 2.77. The third-order valence-electron chi connectivity index (χ3n) is 2.54. The lowest BCUT2D eigenvalue weighted by atomic mass is 10.0. The molecule has 1 rings (SSSR count). The van der Waals surface area contributed by atoms with Crippen LogP contribution in [0, 0.1) is 5.82 Å². The van der Waals surface area contributed by atoms with Crippen molar-refractivity contribution in [2.24, 2.45) is 22.2 Å². The topological polar surface area (TPSA) is 107 Å². The Bertz CT molecular complexity index is 512. The molecule has 102 valence electrons. The third kappa shape index (κ3) is 4.79. The van der Waals surface area contributed by atoms with E-state index in [2.05, 4.69) is 4.99 Å². The first kappa shape index (κ1) is 14.7. The van der Waals surface area contributed by atoms with Crippen LogP contribution in [0.1, 0.15) is 18.9 Å². The van der Waals surface area contributed by atoms with Crippen LogP contribution in [0.15, 0.2) is 40.5 Å². The van der Waals surface area contributed by atoms with Gasteiger partial charge in [0.05, 0.1) is 0 Å². The summed E-state index contributed by atoms with van der Waals surface area (Å²) < 4.78 is 12.8. The molecule has 1 aromatic rings. The Hall–Kier alpha value is -2.37. The van der Waals surface area contributed by atoms with Gasteiger partial charge in [-0.15, -0.1) is 0 Å². The molecule has 0 saturated heterocycles. The molecule has 0 atom stereocenters. The standard InChI is InChI=1S/C13H17FN4O/c1-8(15)11(12(19)18-13(16)17)7-4-9-2-5-10(14)6-3-9/h2-3,5-6H,4,7,15H2,1H3,(H4,16,17,18,19). The highest BCUT2D eigenvalue weighted by atomic mass is 19.1. The Labute approximate surface area is 111 Å². The van der Waals surface area contributed by atoms with Gasteiger partial charge in [0.2, 0.25) is 0 Å². The van der Waals surface area contributed by atoms with Crippen molar-refractivity contribution in [3.8, 4) is 0 Å². The highest BCUT2D eigenvalue weighted by Gasteiger charge is 2.11. The van der Waals surface area contributed by atoms with Crippen LogP contribution in [0.5, 0.6) is 0 Å². The fraction of sp³-hybridized carbons (Fsp3) is 0.231. The molecular weight excluding hydrogens is 247 g/mol. The molecule has 0 radical (unpaired) electrons. The van der Waals surface area contributed by atoms with Gasteiger partial charge in [-0.25, -0.2) is 4.39 Å². The molecule has 0 spiro atoms. The summed E-state index contributed by atoms with van der Waals surface area (Å²) in [5.74, 6) is -1.14. The van der Waals surface area contributed by atoms with Gasteiger partial charge in [0, 0.05) is 11.3 Å². The smallest absolute Gasteiger partial charge is 0.277 e. The number of aryl methyl sites for hydroxylation is 1. The number of carbonyl (C=O) groups excluding carboxylic acids is 1. The number of nitrogens with two attached hydrogens (primary N) is 3. The monoisotopic (exact) mass is 264 g/mol. The van der Waals surface area contributed by atoms with Crippen LogP contribution >= 0.6 is 0 Å². The fourth-order valence-electron chi connectivity index (χ4n) is 1.58. The largest absolute Gasteiger partial charge is 0.402 e. The Morgan fingerprint density at radius 2 is 1.79 bits per heavy atom. The number of halogens is 1.